The molecule has 0 radical (unpaired) electrons. The summed E-state index contributed by atoms with van der Waals surface area (Å²) < 4.78 is 17.0. The molecule has 1 N–H and O–H groups in total. The van der Waals surface area contributed by atoms with Gasteiger partial charge in [-0.1, -0.05) is 41.6 Å². The highest BCUT2D eigenvalue weighted by Crippen LogP contribution is 2.44. The summed E-state index contributed by atoms with van der Waals surface area (Å²) in [6.07, 6.45) is 0.576. The lowest BCUT2D eigenvalue weighted by atomic mass is 10.0. The lowest BCUT2D eigenvalue weighted by Crippen LogP contribution is -2.15. The molecule has 8 heteroatoms. The predicted octanol–water partition coefficient (Wildman–Crippen LogP) is 5.90. The van der Waals surface area contributed by atoms with Crippen LogP contribution in [0, 0.1) is 6.92 Å². The number of methoxy groups -OCH3 is 2. The fraction of sp³-hybridized carbons (Fsp3) is 0.179. The van der Waals surface area contributed by atoms with E-state index in [4.69, 9.17) is 24.2 Å². The number of carbonyl (C=O) groups is 1. The highest BCUT2D eigenvalue weighted by molar-refractivity contribution is 8.00. The van der Waals surface area contributed by atoms with Crippen molar-refractivity contribution in [1.29, 1.82) is 0 Å². The minimum absolute atomic E-state index is 0.110. The molecule has 3 aromatic carbocycles. The summed E-state index contributed by atoms with van der Waals surface area (Å²) >= 11 is 1.37. The zero-order valence-electron chi connectivity index (χ0n) is 20.2. The molecule has 2 heterocycles. The molecule has 1 aliphatic heterocycles. The average Bonchev–Trinajstić information content (AvgIpc) is 2.91. The quantitative estimate of drug-likeness (QED) is 0.221. The fourth-order valence-corrected chi connectivity index (χ4v) is 4.72. The normalized spacial score (nSPS) is 11.6. The van der Waals surface area contributed by atoms with Gasteiger partial charge in [-0.2, -0.15) is 4.98 Å². The molecule has 1 aromatic heterocycles. The van der Waals surface area contributed by atoms with E-state index >= 15 is 0 Å². The van der Waals surface area contributed by atoms with Gasteiger partial charge >= 0.3 is 0 Å². The number of ether oxygens (including phenoxy) is 3. The van der Waals surface area contributed by atoms with Gasteiger partial charge in [-0.25, -0.2) is 4.98 Å². The lowest BCUT2D eigenvalue weighted by Gasteiger charge is -2.23. The number of rotatable bonds is 7. The van der Waals surface area contributed by atoms with Gasteiger partial charge < -0.3 is 19.5 Å². The number of benzene rings is 3. The molecule has 1 aliphatic rings. The highest BCUT2D eigenvalue weighted by atomic mass is 32.2. The number of thioether (sulfide) groups is 1. The van der Waals surface area contributed by atoms with E-state index in [0.717, 1.165) is 33.7 Å². The molecule has 1 amide bonds. The molecule has 7 nitrogen and oxygen atoms in total. The number of carbonyl (C=O) groups excluding carboxylic acids is 1. The maximum atomic E-state index is 12.7. The molecular weight excluding hydrogens is 474 g/mol. The second-order valence-corrected chi connectivity index (χ2v) is 9.26. The summed E-state index contributed by atoms with van der Waals surface area (Å²) in [5.41, 5.74) is 4.55. The second kappa shape index (κ2) is 10.3. The third-order valence-electron chi connectivity index (χ3n) is 5.80. The maximum Gasteiger partial charge on any atom is 0.234 e. The SMILES string of the molecule is COc1ccc(-c2nc3c(c(SCC(=O)Nc4ccc(C)cc4)n2)Cc2cccc(OC)c2O3)cc1. The molecule has 5 rings (SSSR count). The van der Waals surface area contributed by atoms with E-state index in [0.29, 0.717) is 34.7 Å². The molecule has 0 aliphatic carbocycles. The minimum Gasteiger partial charge on any atom is -0.497 e. The number of aryl methyl sites for hydroxylation is 1. The van der Waals surface area contributed by atoms with E-state index in [2.05, 4.69) is 5.32 Å². The Morgan fingerprint density at radius 3 is 2.50 bits per heavy atom. The Morgan fingerprint density at radius 1 is 1.00 bits per heavy atom. The average molecular weight is 500 g/mol. The van der Waals surface area contributed by atoms with Gasteiger partial charge in [0.2, 0.25) is 11.8 Å². The van der Waals surface area contributed by atoms with Crippen molar-refractivity contribution in [3.63, 3.8) is 0 Å². The Kier molecular flexibility index (Phi) is 6.77. The van der Waals surface area contributed by atoms with Crippen molar-refractivity contribution < 1.29 is 19.0 Å². The van der Waals surface area contributed by atoms with Crippen molar-refractivity contribution >= 4 is 23.4 Å². The Labute approximate surface area is 213 Å². The van der Waals surface area contributed by atoms with E-state index in [1.165, 1.54) is 11.8 Å². The molecule has 0 unspecified atom stereocenters. The van der Waals surface area contributed by atoms with Crippen LogP contribution in [0.4, 0.5) is 5.69 Å². The molecule has 0 spiro atoms. The van der Waals surface area contributed by atoms with Crippen LogP contribution in [0.2, 0.25) is 0 Å². The summed E-state index contributed by atoms with van der Waals surface area (Å²) in [6.45, 7) is 2.01. The van der Waals surface area contributed by atoms with Gasteiger partial charge in [0.25, 0.3) is 0 Å². The van der Waals surface area contributed by atoms with Crippen LogP contribution < -0.4 is 19.5 Å². The first-order chi connectivity index (χ1) is 17.5. The van der Waals surface area contributed by atoms with E-state index in [9.17, 15) is 4.79 Å². The number of hydrogen-bond acceptors (Lipinski definition) is 7. The van der Waals surface area contributed by atoms with Gasteiger partial charge in [0.15, 0.2) is 17.3 Å². The van der Waals surface area contributed by atoms with E-state index < -0.39 is 0 Å². The smallest absolute Gasteiger partial charge is 0.234 e. The summed E-state index contributed by atoms with van der Waals surface area (Å²) in [5.74, 6) is 3.11. The third-order valence-corrected chi connectivity index (χ3v) is 6.82. The zero-order chi connectivity index (χ0) is 25.1. The third kappa shape index (κ3) is 4.99. The summed E-state index contributed by atoms with van der Waals surface area (Å²) in [5, 5.41) is 3.65. The second-order valence-electron chi connectivity index (χ2n) is 8.29. The van der Waals surface area contributed by atoms with Gasteiger partial charge in [0, 0.05) is 23.2 Å². The van der Waals surface area contributed by atoms with Crippen LogP contribution in [0.15, 0.2) is 71.8 Å². The maximum absolute atomic E-state index is 12.7. The Hall–Kier alpha value is -4.04. The number of para-hydroxylation sites is 1. The standard InChI is InChI=1S/C28H25N3O4S/c1-17-7-11-20(12-8-17)29-24(32)16-36-28-22-15-19-5-4-6-23(34-3)25(19)35-27(22)30-26(31-28)18-9-13-21(33-2)14-10-18/h4-14H,15-16H2,1-3H3,(H,29,32). The zero-order valence-corrected chi connectivity index (χ0v) is 21.0. The summed E-state index contributed by atoms with van der Waals surface area (Å²) in [6, 6.07) is 21.0. The first kappa shape index (κ1) is 23.7. The van der Waals surface area contributed by atoms with E-state index in [-0.39, 0.29) is 11.7 Å². The van der Waals surface area contributed by atoms with E-state index in [1.54, 1.807) is 14.2 Å². The van der Waals surface area contributed by atoms with Gasteiger partial charge in [0.05, 0.1) is 25.5 Å². The molecule has 182 valence electrons. The molecule has 0 saturated carbocycles. The van der Waals surface area contributed by atoms with Crippen molar-refractivity contribution in [1.82, 2.24) is 9.97 Å². The van der Waals surface area contributed by atoms with Gasteiger partial charge in [-0.05, 0) is 49.4 Å². The van der Waals surface area contributed by atoms with Crippen molar-refractivity contribution in [2.24, 2.45) is 0 Å². The Balaban J connectivity index is 1.46. The lowest BCUT2D eigenvalue weighted by molar-refractivity contribution is -0.113. The van der Waals surface area contributed by atoms with Gasteiger partial charge in [-0.15, -0.1) is 0 Å². The Morgan fingerprint density at radius 2 is 1.78 bits per heavy atom. The molecule has 36 heavy (non-hydrogen) atoms. The van der Waals surface area contributed by atoms with Crippen molar-refractivity contribution in [3.8, 4) is 34.5 Å². The monoisotopic (exact) mass is 499 g/mol. The van der Waals surface area contributed by atoms with Crippen LogP contribution >= 0.6 is 11.8 Å². The molecule has 0 fully saturated rings. The number of aromatic nitrogens is 2. The van der Waals surface area contributed by atoms with Crippen LogP contribution in [-0.2, 0) is 11.2 Å². The summed E-state index contributed by atoms with van der Waals surface area (Å²) in [4.78, 5) is 22.3. The van der Waals surface area contributed by atoms with Crippen LogP contribution in [0.25, 0.3) is 11.4 Å². The topological polar surface area (TPSA) is 82.6 Å². The number of fused-ring (bicyclic) bond motifs is 2. The first-order valence-corrected chi connectivity index (χ1v) is 12.4. The highest BCUT2D eigenvalue weighted by Gasteiger charge is 2.26. The minimum atomic E-state index is -0.110. The molecule has 4 aromatic rings. The van der Waals surface area contributed by atoms with Gasteiger partial charge in [-0.3, -0.25) is 4.79 Å². The number of nitrogens with zero attached hydrogens (tertiary/aromatic N) is 2. The number of amides is 1. The van der Waals surface area contributed by atoms with Gasteiger partial charge in [0.1, 0.15) is 10.8 Å². The fourth-order valence-electron chi connectivity index (χ4n) is 3.90. The van der Waals surface area contributed by atoms with Crippen LogP contribution in [-0.4, -0.2) is 35.8 Å². The molecular formula is C28H25N3O4S. The van der Waals surface area contributed by atoms with Crippen molar-refractivity contribution in [3.05, 3.63) is 83.4 Å². The van der Waals surface area contributed by atoms with Crippen LogP contribution in [0.1, 0.15) is 16.7 Å². The molecule has 0 bridgehead atoms. The first-order valence-electron chi connectivity index (χ1n) is 11.4. The number of anilines is 1. The molecule has 0 atom stereocenters. The number of hydrogen-bond donors (Lipinski definition) is 1. The predicted molar refractivity (Wildman–Crippen MR) is 140 cm³/mol. The summed E-state index contributed by atoms with van der Waals surface area (Å²) in [7, 11) is 3.24. The van der Waals surface area contributed by atoms with Crippen LogP contribution in [0.5, 0.6) is 23.1 Å². The van der Waals surface area contributed by atoms with E-state index in [1.807, 2.05) is 73.7 Å². The van der Waals surface area contributed by atoms with Crippen molar-refractivity contribution in [2.75, 3.05) is 25.3 Å². The Bertz CT molecular complexity index is 1410. The largest absolute Gasteiger partial charge is 0.497 e. The van der Waals surface area contributed by atoms with Crippen molar-refractivity contribution in [2.45, 2.75) is 18.4 Å². The number of nitrogens with one attached hydrogen (secondary N) is 1. The van der Waals surface area contributed by atoms with Crippen LogP contribution in [0.3, 0.4) is 0 Å². The molecule has 0 saturated heterocycles.